The van der Waals surface area contributed by atoms with E-state index in [-0.39, 0.29) is 11.5 Å². The van der Waals surface area contributed by atoms with Crippen LogP contribution >= 0.6 is 0 Å². The van der Waals surface area contributed by atoms with E-state index in [1.807, 2.05) is 20.8 Å². The number of nitrogens with one attached hydrogen (secondary N) is 1. The first-order valence-electron chi connectivity index (χ1n) is 7.56. The smallest absolute Gasteiger partial charge is 0.410 e. The van der Waals surface area contributed by atoms with Crippen LogP contribution in [0.2, 0.25) is 0 Å². The van der Waals surface area contributed by atoms with E-state index in [1.54, 1.807) is 0 Å². The van der Waals surface area contributed by atoms with Gasteiger partial charge < -0.3 is 15.0 Å². The topological polar surface area (TPSA) is 41.6 Å². The molecule has 2 heterocycles. The Bertz CT molecular complexity index is 390. The Balaban J connectivity index is 1.85. The second kappa shape index (κ2) is 4.11. The predicted octanol–water partition coefficient (Wildman–Crippen LogP) is 2.53. The van der Waals surface area contributed by atoms with Crippen molar-refractivity contribution in [3.63, 3.8) is 0 Å². The Morgan fingerprint density at radius 2 is 2.11 bits per heavy atom. The number of ether oxygens (including phenoxy) is 1. The summed E-state index contributed by atoms with van der Waals surface area (Å²) >= 11 is 0. The fourth-order valence-electron chi connectivity index (χ4n) is 4.38. The zero-order valence-corrected chi connectivity index (χ0v) is 12.5. The molecule has 2 saturated heterocycles. The molecule has 3 fully saturated rings. The highest BCUT2D eigenvalue weighted by molar-refractivity contribution is 5.70. The molecule has 0 spiro atoms. The zero-order chi connectivity index (χ0) is 13.8. The van der Waals surface area contributed by atoms with Crippen molar-refractivity contribution in [2.24, 2.45) is 5.41 Å². The molecule has 4 heteroatoms. The van der Waals surface area contributed by atoms with Gasteiger partial charge in [0.25, 0.3) is 0 Å². The number of likely N-dealkylation sites (tertiary alicyclic amines) is 1. The Kier molecular flexibility index (Phi) is 2.86. The lowest BCUT2D eigenvalue weighted by Crippen LogP contribution is -2.54. The van der Waals surface area contributed by atoms with E-state index in [4.69, 9.17) is 4.74 Å². The molecule has 0 aromatic carbocycles. The standard InChI is InChI=1S/C15H26N2O2/c1-14(2,3)19-13(18)17-10-8-15(4)11(16-9-10)6-5-7-12(15)17/h10-12,16H,5-9H2,1-4H3/t10-,11+,12+,15+/m0/s1. The monoisotopic (exact) mass is 266 g/mol. The van der Waals surface area contributed by atoms with Gasteiger partial charge in [-0.05, 0) is 46.5 Å². The second-order valence-electron chi connectivity index (χ2n) is 7.66. The van der Waals surface area contributed by atoms with Gasteiger partial charge in [0.15, 0.2) is 0 Å². The third kappa shape index (κ3) is 2.04. The number of hydrogen-bond acceptors (Lipinski definition) is 3. The summed E-state index contributed by atoms with van der Waals surface area (Å²) in [6, 6.07) is 1.26. The van der Waals surface area contributed by atoms with Gasteiger partial charge in [0.1, 0.15) is 5.60 Å². The highest BCUT2D eigenvalue weighted by Gasteiger charge is 2.59. The Morgan fingerprint density at radius 1 is 1.37 bits per heavy atom. The van der Waals surface area contributed by atoms with Crippen molar-refractivity contribution >= 4 is 6.09 Å². The summed E-state index contributed by atoms with van der Waals surface area (Å²) in [4.78, 5) is 14.6. The van der Waals surface area contributed by atoms with Crippen LogP contribution in [-0.2, 0) is 4.74 Å². The van der Waals surface area contributed by atoms with Gasteiger partial charge >= 0.3 is 6.09 Å². The molecule has 19 heavy (non-hydrogen) atoms. The molecule has 108 valence electrons. The zero-order valence-electron chi connectivity index (χ0n) is 12.5. The molecule has 1 aliphatic carbocycles. The quantitative estimate of drug-likeness (QED) is 0.732. The SMILES string of the molecule is CC(C)(C)OC(=O)N1[C@@H]2CN[C@@H]3CCC[C@@H]1[C@]3(C)C2. The molecule has 3 rings (SSSR count). The third-order valence-electron chi connectivity index (χ3n) is 5.14. The van der Waals surface area contributed by atoms with Crippen molar-refractivity contribution in [1.82, 2.24) is 10.2 Å². The van der Waals surface area contributed by atoms with Crippen molar-refractivity contribution in [2.75, 3.05) is 6.54 Å². The molecule has 0 aromatic rings. The molecule has 4 atom stereocenters. The summed E-state index contributed by atoms with van der Waals surface area (Å²) in [5.74, 6) is 0. The van der Waals surface area contributed by atoms with E-state index in [2.05, 4.69) is 17.1 Å². The number of amides is 1. The average Bonchev–Trinajstić information content (AvgIpc) is 2.56. The van der Waals surface area contributed by atoms with Crippen LogP contribution in [0.1, 0.15) is 53.4 Å². The first kappa shape index (κ1) is 13.2. The first-order chi connectivity index (χ1) is 8.81. The molecule has 4 nitrogen and oxygen atoms in total. The van der Waals surface area contributed by atoms with E-state index >= 15 is 0 Å². The Labute approximate surface area is 115 Å². The largest absolute Gasteiger partial charge is 0.444 e. The minimum absolute atomic E-state index is 0.115. The van der Waals surface area contributed by atoms with E-state index in [0.717, 1.165) is 19.4 Å². The van der Waals surface area contributed by atoms with E-state index in [1.165, 1.54) is 12.8 Å². The van der Waals surface area contributed by atoms with Crippen LogP contribution in [0.25, 0.3) is 0 Å². The van der Waals surface area contributed by atoms with Gasteiger partial charge in [-0.1, -0.05) is 6.92 Å². The molecule has 0 radical (unpaired) electrons. The van der Waals surface area contributed by atoms with Crippen molar-refractivity contribution < 1.29 is 9.53 Å². The summed E-state index contributed by atoms with van der Waals surface area (Å²) in [6.07, 6.45) is 4.61. The maximum absolute atomic E-state index is 12.5. The summed E-state index contributed by atoms with van der Waals surface area (Å²) in [5.41, 5.74) is -0.158. The van der Waals surface area contributed by atoms with Crippen LogP contribution in [0.15, 0.2) is 0 Å². The summed E-state index contributed by atoms with van der Waals surface area (Å²) < 4.78 is 5.63. The van der Waals surface area contributed by atoms with E-state index < -0.39 is 5.60 Å². The molecule has 1 N–H and O–H groups in total. The lowest BCUT2D eigenvalue weighted by Gasteiger charge is -2.45. The Morgan fingerprint density at radius 3 is 2.79 bits per heavy atom. The Hall–Kier alpha value is -0.770. The maximum Gasteiger partial charge on any atom is 0.410 e. The molecule has 0 unspecified atom stereocenters. The number of rotatable bonds is 0. The number of piperidine rings is 1. The van der Waals surface area contributed by atoms with Crippen LogP contribution in [-0.4, -0.2) is 41.3 Å². The highest BCUT2D eigenvalue weighted by Crippen LogP contribution is 2.51. The first-order valence-corrected chi connectivity index (χ1v) is 7.56. The van der Waals surface area contributed by atoms with E-state index in [0.29, 0.717) is 18.1 Å². The number of hydrogen-bond donors (Lipinski definition) is 1. The maximum atomic E-state index is 12.5. The van der Waals surface area contributed by atoms with Crippen molar-refractivity contribution in [3.8, 4) is 0 Å². The summed E-state index contributed by atoms with van der Waals surface area (Å²) in [7, 11) is 0. The lowest BCUT2D eigenvalue weighted by molar-refractivity contribution is 0.00785. The molecular weight excluding hydrogens is 240 g/mol. The fourth-order valence-corrected chi connectivity index (χ4v) is 4.38. The van der Waals surface area contributed by atoms with Gasteiger partial charge in [-0.25, -0.2) is 4.79 Å². The molecule has 0 aromatic heterocycles. The van der Waals surface area contributed by atoms with Crippen LogP contribution in [0.3, 0.4) is 0 Å². The van der Waals surface area contributed by atoms with Crippen LogP contribution in [0, 0.1) is 5.41 Å². The van der Waals surface area contributed by atoms with Crippen molar-refractivity contribution in [2.45, 2.75) is 77.1 Å². The summed E-state index contributed by atoms with van der Waals surface area (Å²) in [5, 5.41) is 3.65. The molecule has 3 aliphatic rings. The predicted molar refractivity (Wildman–Crippen MR) is 74.0 cm³/mol. The van der Waals surface area contributed by atoms with Gasteiger partial charge in [0.05, 0.1) is 0 Å². The fraction of sp³-hybridized carbons (Fsp3) is 0.933. The number of nitrogens with zero attached hydrogens (tertiary/aromatic N) is 1. The normalized spacial score (nSPS) is 41.3. The van der Waals surface area contributed by atoms with Gasteiger partial charge in [0.2, 0.25) is 0 Å². The number of carbonyl (C=O) groups is 1. The van der Waals surface area contributed by atoms with Crippen LogP contribution < -0.4 is 5.32 Å². The minimum atomic E-state index is -0.407. The second-order valence-corrected chi connectivity index (χ2v) is 7.66. The number of carbonyl (C=O) groups excluding carboxylic acids is 1. The van der Waals surface area contributed by atoms with Gasteiger partial charge in [0, 0.05) is 30.1 Å². The van der Waals surface area contributed by atoms with Crippen LogP contribution in [0.4, 0.5) is 4.79 Å². The highest BCUT2D eigenvalue weighted by atomic mass is 16.6. The number of fused-ring (bicyclic) bond motifs is 1. The molecular formula is C15H26N2O2. The lowest BCUT2D eigenvalue weighted by atomic mass is 9.66. The molecule has 1 saturated carbocycles. The van der Waals surface area contributed by atoms with Gasteiger partial charge in [-0.2, -0.15) is 0 Å². The van der Waals surface area contributed by atoms with Gasteiger partial charge in [-0.15, -0.1) is 0 Å². The third-order valence-corrected chi connectivity index (χ3v) is 5.14. The average molecular weight is 266 g/mol. The van der Waals surface area contributed by atoms with E-state index in [9.17, 15) is 4.79 Å². The molecule has 2 aliphatic heterocycles. The van der Waals surface area contributed by atoms with Crippen LogP contribution in [0.5, 0.6) is 0 Å². The molecule has 2 bridgehead atoms. The summed E-state index contributed by atoms with van der Waals surface area (Å²) in [6.45, 7) is 9.10. The van der Waals surface area contributed by atoms with Crippen molar-refractivity contribution in [1.29, 1.82) is 0 Å². The van der Waals surface area contributed by atoms with Gasteiger partial charge in [-0.3, -0.25) is 0 Å². The minimum Gasteiger partial charge on any atom is -0.444 e. The van der Waals surface area contributed by atoms with Crippen molar-refractivity contribution in [3.05, 3.63) is 0 Å². The molecule has 1 amide bonds.